The van der Waals surface area contributed by atoms with E-state index >= 15 is 0 Å². The number of aryl methyl sites for hydroxylation is 2. The lowest BCUT2D eigenvalue weighted by Crippen LogP contribution is -2.63. The molecule has 1 aliphatic rings. The molecule has 1 saturated heterocycles. The predicted molar refractivity (Wildman–Crippen MR) is 119 cm³/mol. The first-order chi connectivity index (χ1) is 15.4. The summed E-state index contributed by atoms with van der Waals surface area (Å²) in [5.41, 5.74) is 1.65. The van der Waals surface area contributed by atoms with Gasteiger partial charge in [-0.3, -0.25) is 4.79 Å². The molecule has 1 aliphatic heterocycles. The molecule has 9 nitrogen and oxygen atoms in total. The molecule has 0 unspecified atom stereocenters. The molecule has 180 valence electrons. The Morgan fingerprint density at radius 1 is 0.939 bits per heavy atom. The molecule has 2 N–H and O–H groups in total. The zero-order valence-electron chi connectivity index (χ0n) is 18.5. The van der Waals surface area contributed by atoms with E-state index in [1.54, 1.807) is 38.1 Å². The third kappa shape index (κ3) is 5.12. The molecule has 0 amide bonds. The number of hydrogen-bond donors (Lipinski definition) is 2. The molecular weight excluding hydrogens is 470 g/mol. The Hall–Kier alpha value is -2.31. The van der Waals surface area contributed by atoms with E-state index in [1.165, 1.54) is 24.3 Å². The van der Waals surface area contributed by atoms with Crippen molar-refractivity contribution in [1.29, 1.82) is 0 Å². The van der Waals surface area contributed by atoms with E-state index in [1.807, 2.05) is 0 Å². The van der Waals surface area contributed by atoms with Crippen LogP contribution in [0.4, 0.5) is 0 Å². The molecule has 2 aromatic carbocycles. The van der Waals surface area contributed by atoms with Crippen molar-refractivity contribution < 1.29 is 36.6 Å². The highest BCUT2D eigenvalue weighted by molar-refractivity contribution is 7.92. The Labute approximate surface area is 193 Å². The van der Waals surface area contributed by atoms with Gasteiger partial charge in [-0.25, -0.2) is 16.8 Å². The van der Waals surface area contributed by atoms with Crippen LogP contribution in [0.15, 0.2) is 58.3 Å². The van der Waals surface area contributed by atoms with Crippen LogP contribution in [-0.4, -0.2) is 67.6 Å². The second-order valence-corrected chi connectivity index (χ2v) is 12.2. The highest BCUT2D eigenvalue weighted by Crippen LogP contribution is 2.35. The van der Waals surface area contributed by atoms with Crippen molar-refractivity contribution in [2.24, 2.45) is 0 Å². The lowest BCUT2D eigenvalue weighted by atomic mass is 10.0. The summed E-state index contributed by atoms with van der Waals surface area (Å²) >= 11 is 0. The summed E-state index contributed by atoms with van der Waals surface area (Å²) in [6.45, 7) is 4.22. The fraction of sp³-hybridized carbons (Fsp3) is 0.409. The van der Waals surface area contributed by atoms with Crippen LogP contribution in [0, 0.1) is 13.8 Å². The van der Waals surface area contributed by atoms with Gasteiger partial charge in [-0.2, -0.15) is 4.31 Å². The molecular formula is C22H27NO8S2. The number of carbonyl (C=O) groups is 1. The molecule has 2 aromatic rings. The van der Waals surface area contributed by atoms with Crippen molar-refractivity contribution in [2.45, 2.75) is 60.6 Å². The number of aliphatic hydroxyl groups is 2. The van der Waals surface area contributed by atoms with Crippen molar-refractivity contribution in [2.75, 3.05) is 6.61 Å². The van der Waals surface area contributed by atoms with Gasteiger partial charge in [0.05, 0.1) is 21.1 Å². The second kappa shape index (κ2) is 9.51. The van der Waals surface area contributed by atoms with E-state index in [9.17, 15) is 31.8 Å². The van der Waals surface area contributed by atoms with Gasteiger partial charge < -0.3 is 14.9 Å². The third-order valence-electron chi connectivity index (χ3n) is 5.63. The largest absolute Gasteiger partial charge is 0.464 e. The van der Waals surface area contributed by atoms with E-state index in [-0.39, 0.29) is 16.2 Å². The van der Waals surface area contributed by atoms with Gasteiger partial charge in [0.15, 0.2) is 9.84 Å². The molecule has 0 saturated carbocycles. The number of hydrogen-bond acceptors (Lipinski definition) is 8. The number of aliphatic hydroxyl groups excluding tert-OH is 2. The van der Waals surface area contributed by atoms with Crippen LogP contribution in [0.5, 0.6) is 0 Å². The topological polar surface area (TPSA) is 138 Å². The Morgan fingerprint density at radius 3 is 1.91 bits per heavy atom. The summed E-state index contributed by atoms with van der Waals surface area (Å²) in [7, 11) is -8.50. The van der Waals surface area contributed by atoms with Gasteiger partial charge in [0.1, 0.15) is 18.9 Å². The smallest absolute Gasteiger partial charge is 0.302 e. The fourth-order valence-corrected chi connectivity index (χ4v) is 7.33. The fourth-order valence-electron chi connectivity index (χ4n) is 3.81. The molecule has 0 radical (unpaired) electrons. The van der Waals surface area contributed by atoms with Crippen LogP contribution in [-0.2, 0) is 29.4 Å². The van der Waals surface area contributed by atoms with Gasteiger partial charge in [-0.05, 0) is 44.5 Å². The molecule has 0 bridgehead atoms. The van der Waals surface area contributed by atoms with Gasteiger partial charge in [-0.15, -0.1) is 0 Å². The molecule has 0 aliphatic carbocycles. The quantitative estimate of drug-likeness (QED) is 0.567. The molecule has 11 heteroatoms. The number of benzene rings is 2. The highest BCUT2D eigenvalue weighted by atomic mass is 32.2. The van der Waals surface area contributed by atoms with E-state index in [2.05, 4.69) is 0 Å². The van der Waals surface area contributed by atoms with Gasteiger partial charge in [-0.1, -0.05) is 35.4 Å². The van der Waals surface area contributed by atoms with Crippen molar-refractivity contribution in [1.82, 2.24) is 4.31 Å². The lowest BCUT2D eigenvalue weighted by molar-refractivity contribution is -0.146. The second-order valence-electron chi connectivity index (χ2n) is 8.14. The Bertz CT molecular complexity index is 1210. The first-order valence-electron chi connectivity index (χ1n) is 10.3. The number of ether oxygens (including phenoxy) is 1. The number of rotatable bonds is 6. The average Bonchev–Trinajstić information content (AvgIpc) is 2.74. The molecule has 0 spiro atoms. The Balaban J connectivity index is 2.03. The van der Waals surface area contributed by atoms with Gasteiger partial charge >= 0.3 is 5.97 Å². The van der Waals surface area contributed by atoms with Crippen molar-refractivity contribution >= 4 is 25.8 Å². The summed E-state index contributed by atoms with van der Waals surface area (Å²) in [4.78, 5) is 11.2. The SMILES string of the molecule is CC(=O)OC[C@H]1C[C@H](S(=O)(=O)c2ccc(C)cc2)[C@@H](O)[C@@H](O)N1S(=O)(=O)c1ccc(C)cc1. The first kappa shape index (κ1) is 25.3. The number of esters is 1. The van der Waals surface area contributed by atoms with Crippen molar-refractivity contribution in [3.05, 3.63) is 59.7 Å². The van der Waals surface area contributed by atoms with Crippen LogP contribution in [0.2, 0.25) is 0 Å². The normalized spacial score (nSPS) is 24.4. The van der Waals surface area contributed by atoms with E-state index < -0.39 is 56.1 Å². The van der Waals surface area contributed by atoms with Gasteiger partial charge in [0, 0.05) is 6.92 Å². The average molecular weight is 498 g/mol. The van der Waals surface area contributed by atoms with Crippen LogP contribution < -0.4 is 0 Å². The van der Waals surface area contributed by atoms with E-state index in [0.717, 1.165) is 18.1 Å². The van der Waals surface area contributed by atoms with Crippen molar-refractivity contribution in [3.8, 4) is 0 Å². The Kier molecular flexibility index (Phi) is 7.30. The number of piperidine rings is 1. The van der Waals surface area contributed by atoms with Crippen LogP contribution >= 0.6 is 0 Å². The minimum Gasteiger partial charge on any atom is -0.464 e. The molecule has 0 aromatic heterocycles. The van der Waals surface area contributed by atoms with E-state index in [4.69, 9.17) is 4.74 Å². The standard InChI is InChI=1S/C22H27NO8S2/c1-14-4-8-18(9-5-14)32(27,28)20-12-17(13-31-16(3)24)23(22(26)21(20)25)33(29,30)19-10-6-15(2)7-11-19/h4-11,17,20-22,25-26H,12-13H2,1-3H3/t17-,20+,21-,22-/m1/s1. The predicted octanol–water partition coefficient (Wildman–Crippen LogP) is 1.15. The highest BCUT2D eigenvalue weighted by Gasteiger charge is 2.52. The van der Waals surface area contributed by atoms with E-state index in [0.29, 0.717) is 4.31 Å². The first-order valence-corrected chi connectivity index (χ1v) is 13.2. The number of carbonyl (C=O) groups excluding carboxylic acids is 1. The third-order valence-corrected chi connectivity index (χ3v) is 9.77. The molecule has 1 heterocycles. The summed E-state index contributed by atoms with van der Waals surface area (Å²) in [5, 5.41) is 20.1. The monoisotopic (exact) mass is 497 g/mol. The van der Waals surface area contributed by atoms with Crippen molar-refractivity contribution in [3.63, 3.8) is 0 Å². The molecule has 1 fully saturated rings. The zero-order chi connectivity index (χ0) is 24.6. The summed E-state index contributed by atoms with van der Waals surface area (Å²) in [5.74, 6) is -0.693. The number of nitrogens with zero attached hydrogens (tertiary/aromatic N) is 1. The molecule has 4 atom stereocenters. The number of sulfonamides is 1. The van der Waals surface area contributed by atoms with Gasteiger partial charge in [0.2, 0.25) is 10.0 Å². The minimum atomic E-state index is -4.36. The van der Waals surface area contributed by atoms with Crippen LogP contribution in [0.1, 0.15) is 24.5 Å². The van der Waals surface area contributed by atoms with Crippen LogP contribution in [0.3, 0.4) is 0 Å². The summed E-state index contributed by atoms with van der Waals surface area (Å²) < 4.78 is 58.8. The summed E-state index contributed by atoms with van der Waals surface area (Å²) in [6.07, 6.45) is -4.38. The summed E-state index contributed by atoms with van der Waals surface area (Å²) in [6, 6.07) is 10.6. The maximum Gasteiger partial charge on any atom is 0.302 e. The van der Waals surface area contributed by atoms with Gasteiger partial charge in [0.25, 0.3) is 0 Å². The molecule has 3 rings (SSSR count). The zero-order valence-corrected chi connectivity index (χ0v) is 20.1. The maximum absolute atomic E-state index is 13.3. The molecule has 33 heavy (non-hydrogen) atoms. The van der Waals surface area contributed by atoms with Crippen LogP contribution in [0.25, 0.3) is 0 Å². The number of sulfone groups is 1. The maximum atomic E-state index is 13.3. The minimum absolute atomic E-state index is 0.0644. The Morgan fingerprint density at radius 2 is 1.42 bits per heavy atom. The lowest BCUT2D eigenvalue weighted by Gasteiger charge is -2.43.